The van der Waals surface area contributed by atoms with Crippen LogP contribution >= 0.6 is 28.3 Å². The minimum Gasteiger partial charge on any atom is -1.00 e. The molecule has 2 rings (SSSR count). The van der Waals surface area contributed by atoms with Crippen LogP contribution in [0.4, 0.5) is 5.13 Å². The van der Waals surface area contributed by atoms with Crippen LogP contribution in [0.15, 0.2) is 24.3 Å². The van der Waals surface area contributed by atoms with Gasteiger partial charge < -0.3 is 53.7 Å². The van der Waals surface area contributed by atoms with E-state index in [1.807, 2.05) is 24.3 Å². The zero-order valence-electron chi connectivity index (χ0n) is 7.11. The Morgan fingerprint density at radius 2 is 1.71 bits per heavy atom. The Labute approximate surface area is 152 Å². The fourth-order valence-corrected chi connectivity index (χ4v) is 1.62. The molecule has 0 atom stereocenters. The Morgan fingerprint density at radius 1 is 1.14 bits per heavy atom. The Morgan fingerprint density at radius 3 is 2.29 bits per heavy atom. The molecule has 2 N–H and O–H groups in total. The van der Waals surface area contributed by atoms with Crippen molar-refractivity contribution in [2.24, 2.45) is 0 Å². The summed E-state index contributed by atoms with van der Waals surface area (Å²) >= 11 is 1.52. The summed E-state index contributed by atoms with van der Waals surface area (Å²) in [6.45, 7) is 0. The van der Waals surface area contributed by atoms with E-state index in [0.717, 1.165) is 10.2 Å². The fraction of sp³-hybridized carbons (Fsp3) is 0. The number of anilines is 1. The normalized spacial score (nSPS) is 7.43. The topological polar surface area (TPSA) is 38.9 Å². The van der Waals surface area contributed by atoms with Gasteiger partial charge in [-0.05, 0) is 12.1 Å². The number of nitrogens with zero attached hydrogens (tertiary/aromatic N) is 1. The first-order valence-corrected chi connectivity index (χ1v) is 3.79. The van der Waals surface area contributed by atoms with Crippen molar-refractivity contribution >= 4 is 43.7 Å². The van der Waals surface area contributed by atoms with Gasteiger partial charge in [0.25, 0.3) is 0 Å². The standard InChI is InChI=1S/C7H6N2S.BrH.Hg.2HI/c8-7-9-5-3-1-2-4-6(5)10-7;;;;/h1-4H,(H2,8,9);1H;;2*1H/q;;+2;;/p-2. The monoisotopic (exact) mass is 686 g/mol. The first-order valence-electron chi connectivity index (χ1n) is 2.97. The number of para-hydroxylation sites is 1. The summed E-state index contributed by atoms with van der Waals surface area (Å²) < 4.78 is 1.15. The molecule has 0 bridgehead atoms. The number of rotatable bonds is 0. The van der Waals surface area contributed by atoms with Crippen LogP contribution in [0.1, 0.15) is 0 Å². The van der Waals surface area contributed by atoms with Crippen molar-refractivity contribution in [2.75, 3.05) is 5.73 Å². The maximum atomic E-state index is 5.50. The number of aromatic nitrogens is 1. The molecular weight excluding hydrogens is 678 g/mol. The van der Waals surface area contributed by atoms with E-state index < -0.39 is 0 Å². The van der Waals surface area contributed by atoms with Gasteiger partial charge in [-0.1, -0.05) is 23.5 Å². The molecule has 0 saturated heterocycles. The second-order valence-electron chi connectivity index (χ2n) is 2.02. The summed E-state index contributed by atoms with van der Waals surface area (Å²) in [4.78, 5) is 4.11. The second-order valence-corrected chi connectivity index (χ2v) is 3.08. The summed E-state index contributed by atoms with van der Waals surface area (Å²) in [6.07, 6.45) is 0. The van der Waals surface area contributed by atoms with Gasteiger partial charge in [0.15, 0.2) is 5.13 Å². The van der Waals surface area contributed by atoms with Gasteiger partial charge in [-0.3, -0.25) is 0 Å². The SMILES string of the molecule is Br.Nc1nc2ccccc2s1.[Hg+2].[I-].[I-]. The van der Waals surface area contributed by atoms with Crippen LogP contribution in [-0.2, 0) is 27.7 Å². The van der Waals surface area contributed by atoms with Crippen molar-refractivity contribution in [1.29, 1.82) is 0 Å². The number of benzene rings is 1. The largest absolute Gasteiger partial charge is 2.00 e. The minimum absolute atomic E-state index is 0. The number of hydrogen-bond acceptors (Lipinski definition) is 3. The maximum absolute atomic E-state index is 5.50. The van der Waals surface area contributed by atoms with Crippen LogP contribution in [-0.4, -0.2) is 4.98 Å². The van der Waals surface area contributed by atoms with Gasteiger partial charge in [0, 0.05) is 0 Å². The summed E-state index contributed by atoms with van der Waals surface area (Å²) in [7, 11) is 0. The molecule has 1 aromatic carbocycles. The Kier molecular flexibility index (Phi) is 15.0. The third-order valence-electron chi connectivity index (χ3n) is 1.31. The number of halogens is 3. The number of fused-ring (bicyclic) bond motifs is 1. The molecule has 1 heterocycles. The van der Waals surface area contributed by atoms with Crippen LogP contribution < -0.4 is 53.7 Å². The second kappa shape index (κ2) is 9.97. The summed E-state index contributed by atoms with van der Waals surface area (Å²) in [6, 6.07) is 7.92. The molecule has 14 heavy (non-hydrogen) atoms. The van der Waals surface area contributed by atoms with E-state index in [4.69, 9.17) is 5.73 Å². The zero-order chi connectivity index (χ0) is 6.97. The summed E-state index contributed by atoms with van der Waals surface area (Å²) in [5.41, 5.74) is 6.49. The van der Waals surface area contributed by atoms with E-state index in [0.29, 0.717) is 5.13 Å². The van der Waals surface area contributed by atoms with Crippen molar-refractivity contribution < 1.29 is 75.6 Å². The number of nitrogen functional groups attached to an aromatic ring is 1. The third kappa shape index (κ3) is 5.22. The smallest absolute Gasteiger partial charge is 1.00 e. The van der Waals surface area contributed by atoms with E-state index >= 15 is 0 Å². The molecule has 0 saturated carbocycles. The average molecular weight is 686 g/mol. The van der Waals surface area contributed by atoms with Crippen molar-refractivity contribution in [3.63, 3.8) is 0 Å². The van der Waals surface area contributed by atoms with Gasteiger partial charge in [0.05, 0.1) is 10.2 Å². The van der Waals surface area contributed by atoms with Gasteiger partial charge in [-0.25, -0.2) is 4.98 Å². The first-order chi connectivity index (χ1) is 4.86. The number of thiazole rings is 1. The minimum atomic E-state index is 0. The molecule has 0 spiro atoms. The van der Waals surface area contributed by atoms with Crippen LogP contribution in [0.3, 0.4) is 0 Å². The van der Waals surface area contributed by atoms with Crippen molar-refractivity contribution in [2.45, 2.75) is 0 Å². The van der Waals surface area contributed by atoms with Crippen LogP contribution in [0.5, 0.6) is 0 Å². The van der Waals surface area contributed by atoms with E-state index in [1.165, 1.54) is 11.3 Å². The molecule has 0 unspecified atom stereocenters. The Hall–Kier alpha value is 1.79. The molecule has 2 aromatic rings. The molecule has 0 aliphatic carbocycles. The third-order valence-corrected chi connectivity index (χ3v) is 2.18. The van der Waals surface area contributed by atoms with Crippen LogP contribution in [0.25, 0.3) is 10.2 Å². The van der Waals surface area contributed by atoms with Gasteiger partial charge in [0.2, 0.25) is 0 Å². The molecule has 0 fully saturated rings. The first kappa shape index (κ1) is 21.1. The molecule has 0 amide bonds. The van der Waals surface area contributed by atoms with E-state index in [2.05, 4.69) is 4.98 Å². The van der Waals surface area contributed by atoms with Gasteiger partial charge >= 0.3 is 27.7 Å². The molecule has 0 aliphatic rings. The van der Waals surface area contributed by atoms with Gasteiger partial charge in [0.1, 0.15) is 0 Å². The van der Waals surface area contributed by atoms with Crippen molar-refractivity contribution in [3.8, 4) is 0 Å². The molecule has 2 nitrogen and oxygen atoms in total. The van der Waals surface area contributed by atoms with Crippen molar-refractivity contribution in [3.05, 3.63) is 24.3 Å². The van der Waals surface area contributed by atoms with E-state index in [9.17, 15) is 0 Å². The molecule has 7 heteroatoms. The van der Waals surface area contributed by atoms with E-state index in [-0.39, 0.29) is 92.6 Å². The maximum Gasteiger partial charge on any atom is 2.00 e. The van der Waals surface area contributed by atoms with Crippen LogP contribution in [0, 0.1) is 0 Å². The van der Waals surface area contributed by atoms with Crippen molar-refractivity contribution in [1.82, 2.24) is 4.98 Å². The molecular formula is C7H7BrHgI2N2S. The number of hydrogen-bond donors (Lipinski definition) is 1. The predicted octanol–water partition coefficient (Wildman–Crippen LogP) is -3.54. The van der Waals surface area contributed by atoms with Gasteiger partial charge in [-0.15, -0.1) is 17.0 Å². The molecule has 0 aliphatic heterocycles. The fourth-order valence-electron chi connectivity index (χ4n) is 0.890. The Balaban J connectivity index is -0.000000302. The summed E-state index contributed by atoms with van der Waals surface area (Å²) in [5, 5.41) is 0.640. The predicted molar refractivity (Wildman–Crippen MR) is 54.4 cm³/mol. The molecule has 74 valence electrons. The zero-order valence-corrected chi connectivity index (χ0v) is 19.5. The number of nitrogens with two attached hydrogens (primary N) is 1. The summed E-state index contributed by atoms with van der Waals surface area (Å²) in [5.74, 6) is 0. The van der Waals surface area contributed by atoms with E-state index in [1.54, 1.807) is 0 Å². The molecule has 1 aromatic heterocycles. The average Bonchev–Trinajstić information content (AvgIpc) is 2.27. The Bertz CT molecular complexity index is 338. The quantitative estimate of drug-likeness (QED) is 0.231. The van der Waals surface area contributed by atoms with Gasteiger partial charge in [-0.2, -0.15) is 0 Å². The molecule has 0 radical (unpaired) electrons. The van der Waals surface area contributed by atoms with Crippen LogP contribution in [0.2, 0.25) is 0 Å².